The largest absolute Gasteiger partial charge is 0.496 e. The van der Waals surface area contributed by atoms with Crippen molar-refractivity contribution >= 4 is 33.2 Å². The van der Waals surface area contributed by atoms with Crippen molar-refractivity contribution in [1.29, 1.82) is 5.26 Å². The summed E-state index contributed by atoms with van der Waals surface area (Å²) in [5.41, 5.74) is 2.33. The number of benzene rings is 2. The highest BCUT2D eigenvalue weighted by atomic mass is 32.1. The smallest absolute Gasteiger partial charge is 0.135 e. The molecule has 0 N–H and O–H groups in total. The zero-order chi connectivity index (χ0) is 14.7. The summed E-state index contributed by atoms with van der Waals surface area (Å²) in [6.07, 6.45) is 1.82. The molecule has 1 aromatic heterocycles. The van der Waals surface area contributed by atoms with Gasteiger partial charge in [0, 0.05) is 5.56 Å². The number of nitrogens with zero attached hydrogens (tertiary/aromatic N) is 2. The maximum atomic E-state index is 9.44. The molecule has 1 heterocycles. The standard InChI is InChI=1S/C17H12N2OS/c1-20-15-8-4-2-6-12(15)10-13(11-18)17-19-14-7-3-5-9-16(14)21-17/h2-10H,1H3/b13-10+. The van der Waals surface area contributed by atoms with Gasteiger partial charge < -0.3 is 4.74 Å². The molecule has 0 atom stereocenters. The van der Waals surface area contributed by atoms with E-state index in [-0.39, 0.29) is 0 Å². The molecule has 0 fully saturated rings. The van der Waals surface area contributed by atoms with Gasteiger partial charge in [0.2, 0.25) is 0 Å². The molecule has 0 radical (unpaired) electrons. The Hall–Kier alpha value is -2.64. The van der Waals surface area contributed by atoms with Crippen LogP contribution in [-0.2, 0) is 0 Å². The number of ether oxygens (including phenoxy) is 1. The highest BCUT2D eigenvalue weighted by Crippen LogP contribution is 2.29. The van der Waals surface area contributed by atoms with Gasteiger partial charge in [-0.05, 0) is 24.3 Å². The fourth-order valence-electron chi connectivity index (χ4n) is 2.07. The second-order valence-electron chi connectivity index (χ2n) is 4.40. The van der Waals surface area contributed by atoms with Crippen molar-refractivity contribution < 1.29 is 4.74 Å². The summed E-state index contributed by atoms with van der Waals surface area (Å²) in [6.45, 7) is 0. The van der Waals surface area contributed by atoms with Crippen LogP contribution in [0.2, 0.25) is 0 Å². The van der Waals surface area contributed by atoms with E-state index < -0.39 is 0 Å². The Labute approximate surface area is 126 Å². The minimum atomic E-state index is 0.542. The van der Waals surface area contributed by atoms with Crippen LogP contribution in [0.25, 0.3) is 21.9 Å². The number of aromatic nitrogens is 1. The van der Waals surface area contributed by atoms with E-state index >= 15 is 0 Å². The lowest BCUT2D eigenvalue weighted by molar-refractivity contribution is 0.414. The highest BCUT2D eigenvalue weighted by Gasteiger charge is 2.09. The lowest BCUT2D eigenvalue weighted by atomic mass is 10.1. The molecule has 0 amide bonds. The van der Waals surface area contributed by atoms with Gasteiger partial charge in [-0.15, -0.1) is 11.3 Å². The minimum Gasteiger partial charge on any atom is -0.496 e. The van der Waals surface area contributed by atoms with Crippen LogP contribution in [0.15, 0.2) is 48.5 Å². The second-order valence-corrected chi connectivity index (χ2v) is 5.43. The van der Waals surface area contributed by atoms with Crippen molar-refractivity contribution in [2.75, 3.05) is 7.11 Å². The summed E-state index contributed by atoms with van der Waals surface area (Å²) in [4.78, 5) is 4.52. The van der Waals surface area contributed by atoms with Crippen LogP contribution in [0, 0.1) is 11.3 Å². The van der Waals surface area contributed by atoms with Crippen molar-refractivity contribution in [1.82, 2.24) is 4.98 Å². The van der Waals surface area contributed by atoms with Crippen LogP contribution in [0.1, 0.15) is 10.6 Å². The predicted octanol–water partition coefficient (Wildman–Crippen LogP) is 4.37. The number of rotatable bonds is 3. The van der Waals surface area contributed by atoms with Crippen molar-refractivity contribution in [2.24, 2.45) is 0 Å². The Morgan fingerprint density at radius 1 is 1.19 bits per heavy atom. The lowest BCUT2D eigenvalue weighted by Crippen LogP contribution is -1.87. The van der Waals surface area contributed by atoms with E-state index in [1.807, 2.05) is 54.6 Å². The van der Waals surface area contributed by atoms with Crippen LogP contribution in [0.5, 0.6) is 5.75 Å². The molecule has 2 aromatic carbocycles. The molecule has 21 heavy (non-hydrogen) atoms. The maximum Gasteiger partial charge on any atom is 0.135 e. The quantitative estimate of drug-likeness (QED) is 0.673. The van der Waals surface area contributed by atoms with E-state index in [9.17, 15) is 5.26 Å². The molecule has 0 spiro atoms. The van der Waals surface area contributed by atoms with Crippen molar-refractivity contribution in [2.45, 2.75) is 0 Å². The predicted molar refractivity (Wildman–Crippen MR) is 86.1 cm³/mol. The van der Waals surface area contributed by atoms with E-state index in [2.05, 4.69) is 11.1 Å². The number of hydrogen-bond acceptors (Lipinski definition) is 4. The van der Waals surface area contributed by atoms with Gasteiger partial charge in [-0.3, -0.25) is 0 Å². The number of allylic oxidation sites excluding steroid dienone is 1. The van der Waals surface area contributed by atoms with Crippen LogP contribution in [0.4, 0.5) is 0 Å². The van der Waals surface area contributed by atoms with Gasteiger partial charge in [-0.25, -0.2) is 4.98 Å². The number of thiazole rings is 1. The first-order chi connectivity index (χ1) is 10.3. The van der Waals surface area contributed by atoms with Crippen LogP contribution < -0.4 is 4.74 Å². The zero-order valence-electron chi connectivity index (χ0n) is 11.4. The van der Waals surface area contributed by atoms with Gasteiger partial charge in [-0.1, -0.05) is 30.3 Å². The van der Waals surface area contributed by atoms with Gasteiger partial charge in [-0.2, -0.15) is 5.26 Å². The highest BCUT2D eigenvalue weighted by molar-refractivity contribution is 7.19. The summed E-state index contributed by atoms with van der Waals surface area (Å²) >= 11 is 1.52. The Morgan fingerprint density at radius 2 is 1.95 bits per heavy atom. The van der Waals surface area contributed by atoms with Crippen LogP contribution >= 0.6 is 11.3 Å². The number of hydrogen-bond donors (Lipinski definition) is 0. The monoisotopic (exact) mass is 292 g/mol. The SMILES string of the molecule is COc1ccccc1/C=C(\C#N)c1nc2ccccc2s1. The molecule has 0 saturated heterocycles. The molecule has 4 heteroatoms. The summed E-state index contributed by atoms with van der Waals surface area (Å²) in [6, 6.07) is 17.7. The molecular formula is C17H12N2OS. The fraction of sp³-hybridized carbons (Fsp3) is 0.0588. The first-order valence-corrected chi connectivity index (χ1v) is 7.24. The summed E-state index contributed by atoms with van der Waals surface area (Å²) in [5.74, 6) is 0.742. The molecule has 0 bridgehead atoms. The summed E-state index contributed by atoms with van der Waals surface area (Å²) in [5, 5.41) is 10.2. The maximum absolute atomic E-state index is 9.44. The number of para-hydroxylation sites is 2. The lowest BCUT2D eigenvalue weighted by Gasteiger charge is -2.03. The molecule has 3 rings (SSSR count). The number of methoxy groups -OCH3 is 1. The zero-order valence-corrected chi connectivity index (χ0v) is 12.2. The topological polar surface area (TPSA) is 45.9 Å². The summed E-state index contributed by atoms with van der Waals surface area (Å²) in [7, 11) is 1.62. The fourth-order valence-corrected chi connectivity index (χ4v) is 3.00. The average Bonchev–Trinajstić information content (AvgIpc) is 2.96. The van der Waals surface area contributed by atoms with Crippen LogP contribution in [-0.4, -0.2) is 12.1 Å². The molecule has 0 aliphatic heterocycles. The molecule has 0 unspecified atom stereocenters. The van der Waals surface area contributed by atoms with E-state index in [0.717, 1.165) is 26.5 Å². The number of nitriles is 1. The Morgan fingerprint density at radius 3 is 2.71 bits per heavy atom. The summed E-state index contributed by atoms with van der Waals surface area (Å²) < 4.78 is 6.39. The Kier molecular flexibility index (Phi) is 3.67. The van der Waals surface area contributed by atoms with Crippen molar-refractivity contribution in [3.05, 3.63) is 59.1 Å². The van der Waals surface area contributed by atoms with E-state index in [1.165, 1.54) is 11.3 Å². The molecular weight excluding hydrogens is 280 g/mol. The van der Waals surface area contributed by atoms with Gasteiger partial charge in [0.25, 0.3) is 0 Å². The van der Waals surface area contributed by atoms with Gasteiger partial charge in [0.1, 0.15) is 16.8 Å². The second kappa shape index (κ2) is 5.78. The molecule has 0 aliphatic rings. The molecule has 0 aliphatic carbocycles. The van der Waals surface area contributed by atoms with E-state index in [4.69, 9.17) is 4.74 Å². The van der Waals surface area contributed by atoms with E-state index in [0.29, 0.717) is 5.57 Å². The third-order valence-corrected chi connectivity index (χ3v) is 4.15. The normalized spacial score (nSPS) is 11.3. The molecule has 102 valence electrons. The van der Waals surface area contributed by atoms with Crippen LogP contribution in [0.3, 0.4) is 0 Å². The van der Waals surface area contributed by atoms with Gasteiger partial charge in [0.05, 0.1) is 22.9 Å². The Bertz CT molecular complexity index is 825. The van der Waals surface area contributed by atoms with Crippen molar-refractivity contribution in [3.63, 3.8) is 0 Å². The molecule has 3 nitrogen and oxygen atoms in total. The van der Waals surface area contributed by atoms with Crippen molar-refractivity contribution in [3.8, 4) is 11.8 Å². The van der Waals surface area contributed by atoms with E-state index in [1.54, 1.807) is 7.11 Å². The van der Waals surface area contributed by atoms with Gasteiger partial charge in [0.15, 0.2) is 0 Å². The first-order valence-electron chi connectivity index (χ1n) is 6.42. The average molecular weight is 292 g/mol. The molecule has 0 saturated carbocycles. The first kappa shape index (κ1) is 13.3. The minimum absolute atomic E-state index is 0.542. The third kappa shape index (κ3) is 2.64. The number of fused-ring (bicyclic) bond motifs is 1. The Balaban J connectivity index is 2.09. The van der Waals surface area contributed by atoms with Gasteiger partial charge >= 0.3 is 0 Å². The third-order valence-electron chi connectivity index (χ3n) is 3.08. The molecule has 3 aromatic rings.